The van der Waals surface area contributed by atoms with Gasteiger partial charge in [-0.1, -0.05) is 11.8 Å². The largest absolute Gasteiger partial charge is 0.442 e. The van der Waals surface area contributed by atoms with Crippen molar-refractivity contribution in [3.05, 3.63) is 17.8 Å². The van der Waals surface area contributed by atoms with Crippen LogP contribution in [0.2, 0.25) is 0 Å². The van der Waals surface area contributed by atoms with Crippen molar-refractivity contribution in [1.29, 1.82) is 0 Å². The van der Waals surface area contributed by atoms with Crippen molar-refractivity contribution < 1.29 is 9.52 Å². The van der Waals surface area contributed by atoms with Crippen molar-refractivity contribution in [3.8, 4) is 11.8 Å². The molecule has 0 saturated heterocycles. The summed E-state index contributed by atoms with van der Waals surface area (Å²) in [6.07, 6.45) is 1.57. The first-order chi connectivity index (χ1) is 6.71. The highest BCUT2D eigenvalue weighted by molar-refractivity contribution is 5.21. The summed E-state index contributed by atoms with van der Waals surface area (Å²) in [6, 6.07) is 0. The molecule has 82 valence electrons. The quantitative estimate of drug-likeness (QED) is 0.718. The van der Waals surface area contributed by atoms with E-state index in [1.54, 1.807) is 20.0 Å². The van der Waals surface area contributed by atoms with Gasteiger partial charge < -0.3 is 9.52 Å². The smallest absolute Gasteiger partial charge is 0.239 e. The van der Waals surface area contributed by atoms with Crippen LogP contribution < -0.4 is 0 Å². The molecule has 15 heavy (non-hydrogen) atoms. The lowest BCUT2D eigenvalue weighted by molar-refractivity contribution is 0.0878. The lowest BCUT2D eigenvalue weighted by Crippen LogP contribution is -2.19. The van der Waals surface area contributed by atoms with E-state index in [1.165, 1.54) is 0 Å². The third-order valence-electron chi connectivity index (χ3n) is 1.72. The van der Waals surface area contributed by atoms with E-state index >= 15 is 0 Å². The fourth-order valence-corrected chi connectivity index (χ4v) is 0.942. The molecule has 0 aliphatic rings. The molecule has 1 aromatic heterocycles. The van der Waals surface area contributed by atoms with E-state index in [2.05, 4.69) is 16.8 Å². The third-order valence-corrected chi connectivity index (χ3v) is 1.72. The van der Waals surface area contributed by atoms with Gasteiger partial charge in [0.25, 0.3) is 0 Å². The van der Waals surface area contributed by atoms with Crippen LogP contribution in [0.25, 0.3) is 0 Å². The van der Waals surface area contributed by atoms with E-state index in [1.807, 2.05) is 20.8 Å². The van der Waals surface area contributed by atoms with Gasteiger partial charge in [-0.15, -0.1) is 0 Å². The van der Waals surface area contributed by atoms with Crippen LogP contribution in [-0.2, 0) is 5.60 Å². The minimum Gasteiger partial charge on any atom is -0.442 e. The third kappa shape index (κ3) is 3.41. The van der Waals surface area contributed by atoms with Crippen molar-refractivity contribution in [2.75, 3.05) is 0 Å². The standard InChI is InChI=1S/C12H17NO2/c1-9-8-13-10(15-9)12(5,14)7-6-11(2,3)4/h8,14H,1-5H3. The molecular formula is C12H17NO2. The van der Waals surface area contributed by atoms with E-state index in [4.69, 9.17) is 4.42 Å². The predicted molar refractivity (Wildman–Crippen MR) is 58.0 cm³/mol. The predicted octanol–water partition coefficient (Wildman–Crippen LogP) is 2.24. The van der Waals surface area contributed by atoms with Crippen LogP contribution in [0, 0.1) is 24.2 Å². The molecule has 3 nitrogen and oxygen atoms in total. The first kappa shape index (κ1) is 11.8. The number of oxazole rings is 1. The maximum Gasteiger partial charge on any atom is 0.239 e. The topological polar surface area (TPSA) is 46.3 Å². The molecule has 0 bridgehead atoms. The van der Waals surface area contributed by atoms with Crippen molar-refractivity contribution >= 4 is 0 Å². The fourth-order valence-electron chi connectivity index (χ4n) is 0.942. The van der Waals surface area contributed by atoms with Crippen molar-refractivity contribution in [1.82, 2.24) is 4.98 Å². The first-order valence-electron chi connectivity index (χ1n) is 4.90. The molecule has 0 amide bonds. The lowest BCUT2D eigenvalue weighted by atomic mass is 9.96. The van der Waals surface area contributed by atoms with E-state index in [0.717, 1.165) is 0 Å². The fraction of sp³-hybridized carbons (Fsp3) is 0.583. The van der Waals surface area contributed by atoms with Crippen LogP contribution in [0.5, 0.6) is 0 Å². The Balaban J connectivity index is 2.97. The van der Waals surface area contributed by atoms with E-state index in [9.17, 15) is 5.11 Å². The minimum absolute atomic E-state index is 0.147. The van der Waals surface area contributed by atoms with Gasteiger partial charge in [0.1, 0.15) is 5.76 Å². The molecule has 1 rings (SSSR count). The lowest BCUT2D eigenvalue weighted by Gasteiger charge is -2.13. The summed E-state index contributed by atoms with van der Waals surface area (Å²) >= 11 is 0. The van der Waals surface area contributed by atoms with Crippen molar-refractivity contribution in [3.63, 3.8) is 0 Å². The average molecular weight is 207 g/mol. The Hall–Kier alpha value is -1.27. The molecule has 1 heterocycles. The van der Waals surface area contributed by atoms with Gasteiger partial charge in [-0.25, -0.2) is 4.98 Å². The molecule has 0 aromatic carbocycles. The molecule has 1 atom stereocenters. The second kappa shape index (κ2) is 3.71. The van der Waals surface area contributed by atoms with E-state index in [-0.39, 0.29) is 11.3 Å². The zero-order chi connectivity index (χ0) is 11.7. The van der Waals surface area contributed by atoms with Gasteiger partial charge in [0.2, 0.25) is 5.89 Å². The zero-order valence-electron chi connectivity index (χ0n) is 9.88. The Morgan fingerprint density at radius 1 is 1.27 bits per heavy atom. The molecule has 0 fully saturated rings. The van der Waals surface area contributed by atoms with Crippen molar-refractivity contribution in [2.45, 2.75) is 40.2 Å². The molecule has 1 N–H and O–H groups in total. The van der Waals surface area contributed by atoms with Crippen LogP contribution in [0.1, 0.15) is 39.3 Å². The molecule has 0 aliphatic heterocycles. The van der Waals surface area contributed by atoms with Gasteiger partial charge in [0.15, 0.2) is 5.60 Å². The summed E-state index contributed by atoms with van der Waals surface area (Å²) in [5, 5.41) is 10.0. The summed E-state index contributed by atoms with van der Waals surface area (Å²) in [5.41, 5.74) is -1.47. The summed E-state index contributed by atoms with van der Waals surface area (Å²) in [4.78, 5) is 3.97. The highest BCUT2D eigenvalue weighted by Gasteiger charge is 2.26. The SMILES string of the molecule is Cc1cnc(C(C)(O)C#CC(C)(C)C)o1. The van der Waals surface area contributed by atoms with Gasteiger partial charge in [-0.05, 0) is 34.6 Å². The number of hydrogen-bond donors (Lipinski definition) is 1. The number of aromatic nitrogens is 1. The average Bonchev–Trinajstić information content (AvgIpc) is 2.48. The molecule has 0 saturated carbocycles. The van der Waals surface area contributed by atoms with Gasteiger partial charge >= 0.3 is 0 Å². The summed E-state index contributed by atoms with van der Waals surface area (Å²) < 4.78 is 5.25. The zero-order valence-corrected chi connectivity index (χ0v) is 9.88. The van der Waals surface area contributed by atoms with Gasteiger partial charge in [0, 0.05) is 5.41 Å². The number of aryl methyl sites for hydroxylation is 1. The Morgan fingerprint density at radius 3 is 2.27 bits per heavy atom. The van der Waals surface area contributed by atoms with Crippen LogP contribution >= 0.6 is 0 Å². The Morgan fingerprint density at radius 2 is 1.87 bits per heavy atom. The molecule has 0 radical (unpaired) electrons. The van der Waals surface area contributed by atoms with Gasteiger partial charge in [0.05, 0.1) is 6.20 Å². The second-order valence-electron chi connectivity index (χ2n) is 4.85. The van der Waals surface area contributed by atoms with Crippen LogP contribution in [0.4, 0.5) is 0 Å². The monoisotopic (exact) mass is 207 g/mol. The normalized spacial score (nSPS) is 15.3. The van der Waals surface area contributed by atoms with Gasteiger partial charge in [-0.2, -0.15) is 0 Å². The highest BCUT2D eigenvalue weighted by atomic mass is 16.4. The number of rotatable bonds is 1. The number of aliphatic hydroxyl groups is 1. The van der Waals surface area contributed by atoms with Crippen molar-refractivity contribution in [2.24, 2.45) is 5.41 Å². The number of hydrogen-bond acceptors (Lipinski definition) is 3. The number of nitrogens with zero attached hydrogens (tertiary/aromatic N) is 1. The Labute approximate surface area is 90.5 Å². The Kier molecular flexibility index (Phi) is 2.92. The molecule has 1 unspecified atom stereocenters. The van der Waals surface area contributed by atoms with Crippen LogP contribution in [-0.4, -0.2) is 10.1 Å². The highest BCUT2D eigenvalue weighted by Crippen LogP contribution is 2.20. The molecule has 3 heteroatoms. The molecule has 0 aliphatic carbocycles. The first-order valence-corrected chi connectivity index (χ1v) is 4.90. The second-order valence-corrected chi connectivity index (χ2v) is 4.85. The minimum atomic E-state index is -1.32. The molecule has 0 spiro atoms. The summed E-state index contributed by atoms with van der Waals surface area (Å²) in [6.45, 7) is 9.31. The van der Waals surface area contributed by atoms with Crippen LogP contribution in [0.3, 0.4) is 0 Å². The van der Waals surface area contributed by atoms with E-state index in [0.29, 0.717) is 5.76 Å². The Bertz CT molecular complexity index is 399. The maximum absolute atomic E-state index is 10.0. The van der Waals surface area contributed by atoms with E-state index < -0.39 is 5.60 Å². The molecular weight excluding hydrogens is 190 g/mol. The summed E-state index contributed by atoms with van der Waals surface area (Å²) in [7, 11) is 0. The molecule has 1 aromatic rings. The van der Waals surface area contributed by atoms with Gasteiger partial charge in [-0.3, -0.25) is 0 Å². The van der Waals surface area contributed by atoms with Crippen LogP contribution in [0.15, 0.2) is 10.6 Å². The maximum atomic E-state index is 10.0. The summed E-state index contributed by atoms with van der Waals surface area (Å²) in [5.74, 6) is 6.66.